The number of thiazole rings is 1. The van der Waals surface area contributed by atoms with E-state index in [1.807, 2.05) is 0 Å². The largest absolute Gasteiger partial charge is 0.334 e. The predicted molar refractivity (Wildman–Crippen MR) is 81.6 cm³/mol. The van der Waals surface area contributed by atoms with E-state index in [-0.39, 0.29) is 23.1 Å². The third-order valence-electron chi connectivity index (χ3n) is 4.19. The lowest BCUT2D eigenvalue weighted by molar-refractivity contribution is 0.0530. The quantitative estimate of drug-likeness (QED) is 0.896. The zero-order valence-corrected chi connectivity index (χ0v) is 12.7. The Morgan fingerprint density at radius 2 is 2.38 bits per heavy atom. The topological polar surface area (TPSA) is 80.7 Å². The minimum atomic E-state index is -0.305. The summed E-state index contributed by atoms with van der Waals surface area (Å²) in [5, 5.41) is 1.78. The van der Waals surface area contributed by atoms with Crippen LogP contribution in [0.25, 0.3) is 4.96 Å². The number of hydrogen-bond acceptors (Lipinski definition) is 5. The monoisotopic (exact) mass is 306 g/mol. The number of fused-ring (bicyclic) bond motifs is 1. The van der Waals surface area contributed by atoms with Crippen molar-refractivity contribution in [2.75, 3.05) is 13.1 Å². The molecular formula is C14H18N4O2S. The maximum Gasteiger partial charge on any atom is 0.271 e. The number of piperidine rings is 1. The maximum atomic E-state index is 12.7. The molecule has 1 aliphatic rings. The first-order valence-corrected chi connectivity index (χ1v) is 7.97. The van der Waals surface area contributed by atoms with Crippen LogP contribution in [0.3, 0.4) is 0 Å². The van der Waals surface area contributed by atoms with Crippen molar-refractivity contribution in [1.29, 1.82) is 0 Å². The molecule has 2 N–H and O–H groups in total. The third-order valence-corrected chi connectivity index (χ3v) is 4.96. The van der Waals surface area contributed by atoms with Crippen molar-refractivity contribution in [3.8, 4) is 0 Å². The molecule has 0 unspecified atom stereocenters. The van der Waals surface area contributed by atoms with Gasteiger partial charge in [0.05, 0.1) is 0 Å². The molecule has 1 saturated heterocycles. The number of nitrogens with zero attached hydrogens (tertiary/aromatic N) is 3. The van der Waals surface area contributed by atoms with E-state index in [4.69, 9.17) is 5.73 Å². The van der Waals surface area contributed by atoms with Gasteiger partial charge in [-0.25, -0.2) is 4.98 Å². The van der Waals surface area contributed by atoms with Gasteiger partial charge in [0.1, 0.15) is 5.56 Å². The summed E-state index contributed by atoms with van der Waals surface area (Å²) in [5.74, 6) is 0.100. The molecule has 0 spiro atoms. The van der Waals surface area contributed by atoms with Crippen molar-refractivity contribution in [3.63, 3.8) is 0 Å². The van der Waals surface area contributed by atoms with E-state index >= 15 is 0 Å². The Bertz CT molecular complexity index is 723. The summed E-state index contributed by atoms with van der Waals surface area (Å²) in [6, 6.07) is -0.00572. The van der Waals surface area contributed by atoms with E-state index in [1.54, 1.807) is 16.5 Å². The molecule has 2 aromatic rings. The summed E-state index contributed by atoms with van der Waals surface area (Å²) in [4.78, 5) is 31.7. The number of aromatic nitrogens is 2. The fourth-order valence-electron chi connectivity index (χ4n) is 2.99. The number of nitrogens with two attached hydrogens (primary N) is 1. The maximum absolute atomic E-state index is 12.7. The van der Waals surface area contributed by atoms with Crippen molar-refractivity contribution in [3.05, 3.63) is 33.7 Å². The molecule has 1 aliphatic heterocycles. The summed E-state index contributed by atoms with van der Waals surface area (Å²) in [7, 11) is 0. The number of likely N-dealkylation sites (tertiary alicyclic amines) is 1. The molecule has 2 atom stereocenters. The molecule has 112 valence electrons. The Labute approximate surface area is 126 Å². The summed E-state index contributed by atoms with van der Waals surface area (Å²) in [5.41, 5.74) is 5.64. The second-order valence-corrected chi connectivity index (χ2v) is 6.33. The molecule has 0 bridgehead atoms. The minimum Gasteiger partial charge on any atom is -0.334 e. The molecule has 3 rings (SSSR count). The van der Waals surface area contributed by atoms with Crippen LogP contribution in [0.4, 0.5) is 0 Å². The van der Waals surface area contributed by atoms with Gasteiger partial charge in [-0.1, -0.05) is 6.92 Å². The van der Waals surface area contributed by atoms with E-state index in [9.17, 15) is 9.59 Å². The molecule has 7 heteroatoms. The highest BCUT2D eigenvalue weighted by atomic mass is 32.1. The van der Waals surface area contributed by atoms with Gasteiger partial charge < -0.3 is 10.6 Å². The van der Waals surface area contributed by atoms with Crippen LogP contribution in [0.1, 0.15) is 30.1 Å². The van der Waals surface area contributed by atoms with Crippen molar-refractivity contribution in [1.82, 2.24) is 14.3 Å². The van der Waals surface area contributed by atoms with E-state index in [1.165, 1.54) is 21.9 Å². The zero-order chi connectivity index (χ0) is 15.0. The van der Waals surface area contributed by atoms with E-state index in [2.05, 4.69) is 11.9 Å². The molecule has 1 fully saturated rings. The molecule has 0 aliphatic carbocycles. The standard InChI is InChI=1S/C14H18N4O2S/c1-9-3-2-4-17(11(9)7-15)12(19)10-8-16-14-18(13(10)20)5-6-21-14/h5-6,8-9,11H,2-4,7,15H2,1H3/t9-,11-/m1/s1. The summed E-state index contributed by atoms with van der Waals surface area (Å²) >= 11 is 1.37. The van der Waals surface area contributed by atoms with Gasteiger partial charge in [0, 0.05) is 36.9 Å². The fraction of sp³-hybridized carbons (Fsp3) is 0.500. The minimum absolute atomic E-state index is 0.00572. The lowest BCUT2D eigenvalue weighted by Gasteiger charge is -2.39. The molecule has 2 aromatic heterocycles. The van der Waals surface area contributed by atoms with Gasteiger partial charge in [0.15, 0.2) is 4.96 Å². The van der Waals surface area contributed by atoms with Crippen LogP contribution in [-0.4, -0.2) is 39.3 Å². The number of rotatable bonds is 2. The number of carbonyl (C=O) groups is 1. The Kier molecular flexibility index (Phi) is 3.77. The van der Waals surface area contributed by atoms with Gasteiger partial charge in [0.2, 0.25) is 0 Å². The van der Waals surface area contributed by atoms with Crippen LogP contribution in [0, 0.1) is 5.92 Å². The van der Waals surface area contributed by atoms with Gasteiger partial charge in [-0.2, -0.15) is 0 Å². The Hall–Kier alpha value is -1.73. The number of hydrogen-bond donors (Lipinski definition) is 1. The molecular weight excluding hydrogens is 288 g/mol. The second kappa shape index (κ2) is 5.57. The van der Waals surface area contributed by atoms with Crippen LogP contribution in [0.15, 0.2) is 22.6 Å². The zero-order valence-electron chi connectivity index (χ0n) is 11.9. The Morgan fingerprint density at radius 3 is 3.14 bits per heavy atom. The average molecular weight is 306 g/mol. The first-order valence-electron chi connectivity index (χ1n) is 7.09. The fourth-order valence-corrected chi connectivity index (χ4v) is 3.66. The van der Waals surface area contributed by atoms with Gasteiger partial charge in [-0.05, 0) is 18.8 Å². The predicted octanol–water partition coefficient (Wildman–Crippen LogP) is 0.955. The van der Waals surface area contributed by atoms with Crippen LogP contribution >= 0.6 is 11.3 Å². The number of carbonyl (C=O) groups excluding carboxylic acids is 1. The van der Waals surface area contributed by atoms with Crippen molar-refractivity contribution in [2.45, 2.75) is 25.8 Å². The van der Waals surface area contributed by atoms with Gasteiger partial charge in [-0.3, -0.25) is 14.0 Å². The van der Waals surface area contributed by atoms with Crippen LogP contribution in [-0.2, 0) is 0 Å². The Balaban J connectivity index is 1.99. The molecule has 0 radical (unpaired) electrons. The summed E-state index contributed by atoms with van der Waals surface area (Å²) < 4.78 is 1.42. The van der Waals surface area contributed by atoms with E-state index < -0.39 is 0 Å². The summed E-state index contributed by atoms with van der Waals surface area (Å²) in [6.07, 6.45) is 5.04. The molecule has 21 heavy (non-hydrogen) atoms. The lowest BCUT2D eigenvalue weighted by Crippen LogP contribution is -2.52. The molecule has 6 nitrogen and oxygen atoms in total. The van der Waals surface area contributed by atoms with Gasteiger partial charge in [-0.15, -0.1) is 11.3 Å². The van der Waals surface area contributed by atoms with Crippen LogP contribution in [0.2, 0.25) is 0 Å². The molecule has 0 saturated carbocycles. The highest BCUT2D eigenvalue weighted by Crippen LogP contribution is 2.23. The molecule has 3 heterocycles. The van der Waals surface area contributed by atoms with Gasteiger partial charge >= 0.3 is 0 Å². The van der Waals surface area contributed by atoms with Crippen LogP contribution < -0.4 is 11.3 Å². The number of amides is 1. The van der Waals surface area contributed by atoms with Crippen molar-refractivity contribution < 1.29 is 4.79 Å². The first-order chi connectivity index (χ1) is 10.1. The first kappa shape index (κ1) is 14.2. The van der Waals surface area contributed by atoms with Gasteiger partial charge in [0.25, 0.3) is 11.5 Å². The SMILES string of the molecule is C[C@@H]1CCCN(C(=O)c2cnc3sccn3c2=O)[C@@H]1CN. The summed E-state index contributed by atoms with van der Waals surface area (Å²) in [6.45, 7) is 3.17. The molecule has 1 amide bonds. The smallest absolute Gasteiger partial charge is 0.271 e. The Morgan fingerprint density at radius 1 is 1.57 bits per heavy atom. The van der Waals surface area contributed by atoms with Crippen LogP contribution in [0.5, 0.6) is 0 Å². The average Bonchev–Trinajstić information content (AvgIpc) is 2.96. The highest BCUT2D eigenvalue weighted by molar-refractivity contribution is 7.15. The van der Waals surface area contributed by atoms with E-state index in [0.29, 0.717) is 24.0 Å². The van der Waals surface area contributed by atoms with Crippen molar-refractivity contribution in [2.24, 2.45) is 11.7 Å². The molecule has 0 aromatic carbocycles. The highest BCUT2D eigenvalue weighted by Gasteiger charge is 2.32. The van der Waals surface area contributed by atoms with E-state index in [0.717, 1.165) is 12.8 Å². The second-order valence-electron chi connectivity index (χ2n) is 5.45. The van der Waals surface area contributed by atoms with Crippen molar-refractivity contribution >= 4 is 22.2 Å². The lowest BCUT2D eigenvalue weighted by atomic mass is 9.90. The normalized spacial score (nSPS) is 22.7. The third kappa shape index (κ3) is 2.36.